The molecule has 3 rings (SSSR count). The number of thioether (sulfide) groups is 1. The topological polar surface area (TPSA) is 111 Å². The molecule has 1 atom stereocenters. The summed E-state index contributed by atoms with van der Waals surface area (Å²) in [4.78, 5) is 11.6. The molecule has 0 spiro atoms. The minimum Gasteiger partial charge on any atom is -0.369 e. The van der Waals surface area contributed by atoms with Gasteiger partial charge in [0.2, 0.25) is 15.9 Å². The van der Waals surface area contributed by atoms with Crippen molar-refractivity contribution in [3.8, 4) is 11.4 Å². The Balaban J connectivity index is 1.96. The zero-order chi connectivity index (χ0) is 19.6. The zero-order valence-electron chi connectivity index (χ0n) is 15.3. The van der Waals surface area contributed by atoms with Crippen molar-refractivity contribution in [3.63, 3.8) is 0 Å². The quantitative estimate of drug-likeness (QED) is 0.697. The van der Waals surface area contributed by atoms with Gasteiger partial charge in [-0.2, -0.15) is 4.31 Å². The highest BCUT2D eigenvalue weighted by Crippen LogP contribution is 2.29. The maximum atomic E-state index is 12.8. The summed E-state index contributed by atoms with van der Waals surface area (Å²) < 4.78 is 29.0. The molecule has 2 aromatic rings. The molecule has 8 nitrogen and oxygen atoms in total. The predicted molar refractivity (Wildman–Crippen MR) is 104 cm³/mol. The standard InChI is InChI=1S/C17H23N5O3S2/c1-3-22-16(19-20-17(22)26-12(2)15(18)23)13-7-6-8-14(11-13)27(24,25)21-9-4-5-10-21/h6-8,11-12H,3-5,9-10H2,1-2H3,(H2,18,23)/t12-/m1/s1. The predicted octanol–water partition coefficient (Wildman–Crippen LogP) is 1.72. The molecule has 27 heavy (non-hydrogen) atoms. The molecule has 0 unspecified atom stereocenters. The van der Waals surface area contributed by atoms with E-state index in [0.717, 1.165) is 12.8 Å². The maximum Gasteiger partial charge on any atom is 0.243 e. The lowest BCUT2D eigenvalue weighted by molar-refractivity contribution is -0.117. The Kier molecular flexibility index (Phi) is 5.87. The van der Waals surface area contributed by atoms with Gasteiger partial charge in [-0.1, -0.05) is 23.9 Å². The second-order valence-electron chi connectivity index (χ2n) is 6.35. The number of rotatable bonds is 7. The summed E-state index contributed by atoms with van der Waals surface area (Å²) in [6, 6.07) is 6.77. The van der Waals surface area contributed by atoms with E-state index in [-0.39, 0.29) is 4.90 Å². The second kappa shape index (κ2) is 7.99. The number of aromatic nitrogens is 3. The molecule has 0 saturated carbocycles. The molecule has 0 aliphatic carbocycles. The van der Waals surface area contributed by atoms with Gasteiger partial charge in [0.05, 0.1) is 10.1 Å². The summed E-state index contributed by atoms with van der Waals surface area (Å²) in [6.45, 7) is 5.35. The average molecular weight is 410 g/mol. The molecule has 1 amide bonds. The monoisotopic (exact) mass is 409 g/mol. The van der Waals surface area contributed by atoms with Crippen molar-refractivity contribution in [2.75, 3.05) is 13.1 Å². The van der Waals surface area contributed by atoms with Gasteiger partial charge in [0.25, 0.3) is 0 Å². The van der Waals surface area contributed by atoms with Crippen LogP contribution in [0.15, 0.2) is 34.3 Å². The number of hydrogen-bond acceptors (Lipinski definition) is 6. The molecule has 0 bridgehead atoms. The first-order valence-electron chi connectivity index (χ1n) is 8.84. The van der Waals surface area contributed by atoms with Gasteiger partial charge in [-0.25, -0.2) is 8.42 Å². The summed E-state index contributed by atoms with van der Waals surface area (Å²) in [5, 5.41) is 8.52. The van der Waals surface area contributed by atoms with Gasteiger partial charge in [0.1, 0.15) is 0 Å². The van der Waals surface area contributed by atoms with Crippen molar-refractivity contribution in [3.05, 3.63) is 24.3 Å². The molecule has 1 aromatic heterocycles. The van der Waals surface area contributed by atoms with Crippen molar-refractivity contribution in [2.45, 2.75) is 48.5 Å². The number of hydrogen-bond donors (Lipinski definition) is 1. The third-order valence-electron chi connectivity index (χ3n) is 4.51. The van der Waals surface area contributed by atoms with E-state index in [1.54, 1.807) is 25.1 Å². The van der Waals surface area contributed by atoms with Crippen LogP contribution in [0.1, 0.15) is 26.7 Å². The van der Waals surface area contributed by atoms with Crippen LogP contribution in [0.3, 0.4) is 0 Å². The van der Waals surface area contributed by atoms with Crippen LogP contribution in [0, 0.1) is 0 Å². The van der Waals surface area contributed by atoms with Gasteiger partial charge in [-0.05, 0) is 38.8 Å². The third-order valence-corrected chi connectivity index (χ3v) is 7.50. The van der Waals surface area contributed by atoms with E-state index < -0.39 is 21.2 Å². The van der Waals surface area contributed by atoms with Gasteiger partial charge in [-0.3, -0.25) is 4.79 Å². The highest BCUT2D eigenvalue weighted by Gasteiger charge is 2.28. The van der Waals surface area contributed by atoms with E-state index in [4.69, 9.17) is 5.73 Å². The molecular weight excluding hydrogens is 386 g/mol. The van der Waals surface area contributed by atoms with Crippen LogP contribution in [-0.2, 0) is 21.4 Å². The van der Waals surface area contributed by atoms with Crippen LogP contribution in [0.25, 0.3) is 11.4 Å². The number of carbonyl (C=O) groups excluding carboxylic acids is 1. The number of nitrogens with two attached hydrogens (primary N) is 1. The minimum atomic E-state index is -3.50. The smallest absolute Gasteiger partial charge is 0.243 e. The molecule has 1 aliphatic rings. The molecule has 146 valence electrons. The van der Waals surface area contributed by atoms with E-state index in [1.807, 2.05) is 17.6 Å². The third kappa shape index (κ3) is 4.02. The molecular formula is C17H23N5O3S2. The highest BCUT2D eigenvalue weighted by atomic mass is 32.2. The molecule has 0 radical (unpaired) electrons. The molecule has 1 aliphatic heterocycles. The lowest BCUT2D eigenvalue weighted by Crippen LogP contribution is -2.27. The Hall–Kier alpha value is -1.91. The van der Waals surface area contributed by atoms with Crippen LogP contribution in [0.2, 0.25) is 0 Å². The summed E-state index contributed by atoms with van der Waals surface area (Å²) in [5.74, 6) is 0.140. The van der Waals surface area contributed by atoms with Crippen molar-refractivity contribution in [2.24, 2.45) is 5.73 Å². The minimum absolute atomic E-state index is 0.257. The number of amides is 1. The fourth-order valence-electron chi connectivity index (χ4n) is 2.96. The maximum absolute atomic E-state index is 12.8. The molecule has 1 aromatic carbocycles. The van der Waals surface area contributed by atoms with E-state index in [9.17, 15) is 13.2 Å². The lowest BCUT2D eigenvalue weighted by atomic mass is 10.2. The first-order chi connectivity index (χ1) is 12.8. The number of benzene rings is 1. The largest absolute Gasteiger partial charge is 0.369 e. The van der Waals surface area contributed by atoms with Gasteiger partial charge in [0.15, 0.2) is 11.0 Å². The molecule has 1 fully saturated rings. The Bertz CT molecular complexity index is 936. The van der Waals surface area contributed by atoms with Crippen molar-refractivity contribution >= 4 is 27.7 Å². The van der Waals surface area contributed by atoms with E-state index in [1.165, 1.54) is 16.1 Å². The molecule has 10 heteroatoms. The van der Waals surface area contributed by atoms with Gasteiger partial charge in [-0.15, -0.1) is 10.2 Å². The van der Waals surface area contributed by atoms with Crippen LogP contribution >= 0.6 is 11.8 Å². The van der Waals surface area contributed by atoms with Crippen LogP contribution in [0.5, 0.6) is 0 Å². The van der Waals surface area contributed by atoms with Crippen molar-refractivity contribution in [1.82, 2.24) is 19.1 Å². The highest BCUT2D eigenvalue weighted by molar-refractivity contribution is 8.00. The number of primary amides is 1. The van der Waals surface area contributed by atoms with Crippen molar-refractivity contribution in [1.29, 1.82) is 0 Å². The summed E-state index contributed by atoms with van der Waals surface area (Å²) in [6.07, 6.45) is 1.78. The van der Waals surface area contributed by atoms with E-state index >= 15 is 0 Å². The average Bonchev–Trinajstić information content (AvgIpc) is 3.31. The van der Waals surface area contributed by atoms with Gasteiger partial charge < -0.3 is 10.3 Å². The van der Waals surface area contributed by atoms with E-state index in [2.05, 4.69) is 10.2 Å². The Morgan fingerprint density at radius 2 is 2.00 bits per heavy atom. The fourth-order valence-corrected chi connectivity index (χ4v) is 5.39. The lowest BCUT2D eigenvalue weighted by Gasteiger charge is -2.16. The summed E-state index contributed by atoms with van der Waals surface area (Å²) >= 11 is 1.24. The molecule has 2 heterocycles. The van der Waals surface area contributed by atoms with Gasteiger partial charge in [0, 0.05) is 25.2 Å². The van der Waals surface area contributed by atoms with Gasteiger partial charge >= 0.3 is 0 Å². The number of sulfonamides is 1. The first kappa shape index (κ1) is 19.8. The normalized spacial score (nSPS) is 16.5. The summed E-state index contributed by atoms with van der Waals surface area (Å²) in [5.41, 5.74) is 6.00. The Labute approximate surface area is 163 Å². The molecule has 2 N–H and O–H groups in total. The SMILES string of the molecule is CCn1c(S[C@H](C)C(N)=O)nnc1-c1cccc(S(=O)(=O)N2CCCC2)c1. The van der Waals surface area contributed by atoms with Crippen LogP contribution < -0.4 is 5.73 Å². The summed E-state index contributed by atoms with van der Waals surface area (Å²) in [7, 11) is -3.50. The Morgan fingerprint density at radius 3 is 2.63 bits per heavy atom. The fraction of sp³-hybridized carbons (Fsp3) is 0.471. The zero-order valence-corrected chi connectivity index (χ0v) is 17.0. The van der Waals surface area contributed by atoms with E-state index in [0.29, 0.717) is 36.2 Å². The van der Waals surface area contributed by atoms with Crippen LogP contribution in [0.4, 0.5) is 0 Å². The molecule has 1 saturated heterocycles. The number of carbonyl (C=O) groups is 1. The van der Waals surface area contributed by atoms with Crippen LogP contribution in [-0.4, -0.2) is 51.7 Å². The van der Waals surface area contributed by atoms with Crippen molar-refractivity contribution < 1.29 is 13.2 Å². The Morgan fingerprint density at radius 1 is 1.30 bits per heavy atom. The number of nitrogens with zero attached hydrogens (tertiary/aromatic N) is 4. The second-order valence-corrected chi connectivity index (χ2v) is 9.60. The first-order valence-corrected chi connectivity index (χ1v) is 11.2.